The van der Waals surface area contributed by atoms with E-state index in [1.165, 1.54) is 6.07 Å². The molecule has 0 amide bonds. The van der Waals surface area contributed by atoms with Crippen LogP contribution in [0.4, 0.5) is 5.69 Å². The number of hydrogen-bond donors (Lipinski definition) is 1. The Hall–Kier alpha value is -1.64. The first kappa shape index (κ1) is 15.4. The lowest BCUT2D eigenvalue weighted by atomic mass is 10.2. The molecule has 0 saturated carbocycles. The van der Waals surface area contributed by atoms with Crippen molar-refractivity contribution >= 4 is 40.3 Å². The number of esters is 1. The van der Waals surface area contributed by atoms with Gasteiger partial charge in [0, 0.05) is 17.0 Å². The number of carbonyl (C=O) groups is 2. The summed E-state index contributed by atoms with van der Waals surface area (Å²) in [7, 11) is 1.14. The molecule has 0 spiro atoms. The molecule has 0 aliphatic rings. The largest absolute Gasteiger partial charge is 0.465 e. The second-order valence-electron chi connectivity index (χ2n) is 3.20. The van der Waals surface area contributed by atoms with Crippen molar-refractivity contribution in [3.63, 3.8) is 0 Å². The molecule has 19 heavy (non-hydrogen) atoms. The van der Waals surface area contributed by atoms with E-state index >= 15 is 0 Å². The van der Waals surface area contributed by atoms with E-state index in [9.17, 15) is 24.8 Å². The number of benzene rings is 1. The van der Waals surface area contributed by atoms with E-state index in [2.05, 4.69) is 4.74 Å². The third-order valence-corrected chi connectivity index (χ3v) is 3.38. The summed E-state index contributed by atoms with van der Waals surface area (Å²) in [6.45, 7) is 0. The van der Waals surface area contributed by atoms with Gasteiger partial charge in [0.05, 0.1) is 17.6 Å². The van der Waals surface area contributed by atoms with Crippen LogP contribution in [0.3, 0.4) is 0 Å². The second kappa shape index (κ2) is 6.50. The zero-order valence-electron chi connectivity index (χ0n) is 9.53. The average Bonchev–Trinajstić information content (AvgIpc) is 2.37. The summed E-state index contributed by atoms with van der Waals surface area (Å²) in [5.41, 5.74) is -1.92. The molecule has 0 fully saturated rings. The van der Waals surface area contributed by atoms with Crippen molar-refractivity contribution in [2.24, 2.45) is 0 Å². The average molecular weight is 306 g/mol. The van der Waals surface area contributed by atoms with Crippen LogP contribution in [0.2, 0.25) is 0 Å². The fourth-order valence-electron chi connectivity index (χ4n) is 1.17. The molecule has 0 heterocycles. The fraction of sp³-hybridized carbons (Fsp3) is 0.200. The Labute approximate surface area is 116 Å². The van der Waals surface area contributed by atoms with Crippen LogP contribution in [-0.2, 0) is 9.53 Å². The number of aliphatic hydroxyl groups is 1. The van der Waals surface area contributed by atoms with Gasteiger partial charge >= 0.3 is 5.97 Å². The van der Waals surface area contributed by atoms with Crippen LogP contribution in [0.15, 0.2) is 23.1 Å². The number of thioether (sulfide) groups is 1. The van der Waals surface area contributed by atoms with Crippen molar-refractivity contribution in [1.29, 1.82) is 0 Å². The zero-order valence-corrected chi connectivity index (χ0v) is 11.1. The highest BCUT2D eigenvalue weighted by molar-refractivity contribution is 8.00. The predicted molar refractivity (Wildman–Crippen MR) is 67.2 cm³/mol. The van der Waals surface area contributed by atoms with Gasteiger partial charge in [0.25, 0.3) is 10.9 Å². The van der Waals surface area contributed by atoms with Gasteiger partial charge in [-0.05, 0) is 17.7 Å². The van der Waals surface area contributed by atoms with Gasteiger partial charge in [-0.3, -0.25) is 14.9 Å². The van der Waals surface area contributed by atoms with Gasteiger partial charge in [0.2, 0.25) is 0 Å². The number of non-ortho nitro benzene ring substituents is 1. The summed E-state index contributed by atoms with van der Waals surface area (Å²) in [5.74, 6) is -0.744. The van der Waals surface area contributed by atoms with Gasteiger partial charge in [0.1, 0.15) is 0 Å². The Kier molecular flexibility index (Phi) is 5.28. The summed E-state index contributed by atoms with van der Waals surface area (Å²) in [5, 5.41) is 18.9. The Bertz CT molecular complexity index is 535. The summed E-state index contributed by atoms with van der Waals surface area (Å²) < 4.78 is 4.50. The number of nitrogens with zero attached hydrogens (tertiary/aromatic N) is 1. The number of carbonyl (C=O) groups excluding carboxylic acids is 2. The smallest absolute Gasteiger partial charge is 0.339 e. The lowest BCUT2D eigenvalue weighted by Crippen LogP contribution is -2.11. The van der Waals surface area contributed by atoms with Crippen LogP contribution in [0.1, 0.15) is 10.4 Å². The summed E-state index contributed by atoms with van der Waals surface area (Å²) >= 11 is 5.61. The molecular formula is C10H8ClNO6S. The van der Waals surface area contributed by atoms with E-state index in [1.54, 1.807) is 0 Å². The van der Waals surface area contributed by atoms with Crippen LogP contribution in [0, 0.1) is 10.1 Å². The molecule has 1 aromatic carbocycles. The third-order valence-electron chi connectivity index (χ3n) is 2.01. The van der Waals surface area contributed by atoms with Crippen molar-refractivity contribution in [2.75, 3.05) is 7.11 Å². The lowest BCUT2D eigenvalue weighted by Gasteiger charge is -2.09. The molecule has 1 aromatic rings. The van der Waals surface area contributed by atoms with Crippen LogP contribution in [0.5, 0.6) is 0 Å². The van der Waals surface area contributed by atoms with E-state index < -0.39 is 21.6 Å². The first-order chi connectivity index (χ1) is 8.86. The molecule has 0 aromatic heterocycles. The SMILES string of the molecule is COC(=O)c1ccc([N+](=O)[O-])cc1SC(O)C(=O)Cl. The Balaban J connectivity index is 3.21. The monoisotopic (exact) mass is 305 g/mol. The van der Waals surface area contributed by atoms with Gasteiger partial charge in [0.15, 0.2) is 5.44 Å². The first-order valence-corrected chi connectivity index (χ1v) is 6.03. The van der Waals surface area contributed by atoms with Crippen molar-refractivity contribution in [2.45, 2.75) is 10.3 Å². The Morgan fingerprint density at radius 2 is 2.16 bits per heavy atom. The lowest BCUT2D eigenvalue weighted by molar-refractivity contribution is -0.385. The van der Waals surface area contributed by atoms with Gasteiger partial charge in [-0.25, -0.2) is 4.79 Å². The Morgan fingerprint density at radius 3 is 2.63 bits per heavy atom. The van der Waals surface area contributed by atoms with E-state index in [0.29, 0.717) is 11.8 Å². The summed E-state index contributed by atoms with van der Waals surface area (Å²) in [6.07, 6.45) is 0. The normalized spacial score (nSPS) is 11.7. The molecule has 1 unspecified atom stereocenters. The van der Waals surface area contributed by atoms with E-state index in [-0.39, 0.29) is 16.1 Å². The molecule has 102 valence electrons. The molecule has 9 heteroatoms. The van der Waals surface area contributed by atoms with Crippen molar-refractivity contribution in [3.8, 4) is 0 Å². The first-order valence-electron chi connectivity index (χ1n) is 4.77. The number of nitro groups is 1. The highest BCUT2D eigenvalue weighted by Gasteiger charge is 2.22. The maximum Gasteiger partial charge on any atom is 0.339 e. The van der Waals surface area contributed by atoms with Crippen molar-refractivity contribution in [3.05, 3.63) is 33.9 Å². The molecule has 0 aliphatic carbocycles. The standard InChI is InChI=1S/C10H8ClNO6S/c1-18-9(14)6-3-2-5(12(16)17)4-7(6)19-10(15)8(11)13/h2-4,10,15H,1H3. The number of aliphatic hydroxyl groups excluding tert-OH is 1. The van der Waals surface area contributed by atoms with Gasteiger partial charge in [-0.15, -0.1) is 0 Å². The van der Waals surface area contributed by atoms with E-state index in [4.69, 9.17) is 11.6 Å². The summed E-state index contributed by atoms with van der Waals surface area (Å²) in [4.78, 5) is 32.2. The fourth-order valence-corrected chi connectivity index (χ4v) is 2.10. The number of methoxy groups -OCH3 is 1. The second-order valence-corrected chi connectivity index (χ2v) is 4.70. The topological polar surface area (TPSA) is 107 Å². The molecule has 1 N–H and O–H groups in total. The minimum absolute atomic E-state index is 0.00457. The van der Waals surface area contributed by atoms with E-state index in [0.717, 1.165) is 19.2 Å². The van der Waals surface area contributed by atoms with Crippen LogP contribution < -0.4 is 0 Å². The number of ether oxygens (including phenoxy) is 1. The number of hydrogen-bond acceptors (Lipinski definition) is 7. The minimum Gasteiger partial charge on any atom is -0.465 e. The third kappa shape index (κ3) is 3.91. The summed E-state index contributed by atoms with van der Waals surface area (Å²) in [6, 6.07) is 3.35. The number of rotatable bonds is 5. The van der Waals surface area contributed by atoms with E-state index in [1.807, 2.05) is 0 Å². The molecule has 0 aliphatic heterocycles. The molecule has 7 nitrogen and oxygen atoms in total. The minimum atomic E-state index is -1.63. The molecule has 1 rings (SSSR count). The molecule has 0 radical (unpaired) electrons. The van der Waals surface area contributed by atoms with Crippen LogP contribution in [0.25, 0.3) is 0 Å². The molecule has 1 atom stereocenters. The highest BCUT2D eigenvalue weighted by atomic mass is 35.5. The number of nitro benzene ring substituents is 1. The van der Waals surface area contributed by atoms with Gasteiger partial charge in [-0.1, -0.05) is 11.8 Å². The van der Waals surface area contributed by atoms with Gasteiger partial charge in [-0.2, -0.15) is 0 Å². The maximum absolute atomic E-state index is 11.5. The quantitative estimate of drug-likeness (QED) is 0.220. The number of halogens is 1. The maximum atomic E-state index is 11.5. The molecule has 0 bridgehead atoms. The molecular weight excluding hydrogens is 298 g/mol. The Morgan fingerprint density at radius 1 is 1.53 bits per heavy atom. The van der Waals surface area contributed by atoms with Crippen molar-refractivity contribution in [1.82, 2.24) is 0 Å². The zero-order chi connectivity index (χ0) is 14.6. The van der Waals surface area contributed by atoms with Crippen molar-refractivity contribution < 1.29 is 24.4 Å². The van der Waals surface area contributed by atoms with Crippen LogP contribution in [-0.4, -0.2) is 33.8 Å². The molecule has 0 saturated heterocycles. The van der Waals surface area contributed by atoms with Gasteiger partial charge < -0.3 is 9.84 Å². The highest BCUT2D eigenvalue weighted by Crippen LogP contribution is 2.30. The van der Waals surface area contributed by atoms with Crippen LogP contribution >= 0.6 is 23.4 Å². The predicted octanol–water partition coefficient (Wildman–Crippen LogP) is 1.56.